The minimum absolute atomic E-state index is 0.0787. The lowest BCUT2D eigenvalue weighted by molar-refractivity contribution is -0.138. The number of hydrogen-bond acceptors (Lipinski definition) is 8. The maximum absolute atomic E-state index is 13.2. The first kappa shape index (κ1) is 30.6. The molecule has 0 aliphatic carbocycles. The van der Waals surface area contributed by atoms with E-state index in [4.69, 9.17) is 0 Å². The minimum atomic E-state index is -4.33. The fourth-order valence-corrected chi connectivity index (χ4v) is 6.18. The molecule has 1 atom stereocenters. The van der Waals surface area contributed by atoms with Crippen molar-refractivity contribution in [1.82, 2.24) is 20.0 Å². The molecule has 3 saturated heterocycles. The van der Waals surface area contributed by atoms with Crippen molar-refractivity contribution in [1.29, 1.82) is 0 Å². The van der Waals surface area contributed by atoms with Crippen LogP contribution in [0.15, 0.2) is 42.5 Å². The lowest BCUT2D eigenvalue weighted by Crippen LogP contribution is -2.54. The van der Waals surface area contributed by atoms with E-state index in [1.807, 2.05) is 6.07 Å². The van der Waals surface area contributed by atoms with Crippen LogP contribution in [0.1, 0.15) is 39.1 Å². The van der Waals surface area contributed by atoms with Crippen LogP contribution < -0.4 is 15.1 Å². The molecule has 4 aliphatic heterocycles. The molecule has 4 heterocycles. The molecular formula is C32H33F3N6O4. The monoisotopic (exact) mass is 622 g/mol. The van der Waals surface area contributed by atoms with Crippen LogP contribution in [0.3, 0.4) is 0 Å². The highest BCUT2D eigenvalue weighted by atomic mass is 19.4. The van der Waals surface area contributed by atoms with Crippen molar-refractivity contribution in [2.45, 2.75) is 25.1 Å². The molecule has 6 rings (SSSR count). The van der Waals surface area contributed by atoms with Gasteiger partial charge in [-0.3, -0.25) is 39.2 Å². The summed E-state index contributed by atoms with van der Waals surface area (Å²) >= 11 is 0. The summed E-state index contributed by atoms with van der Waals surface area (Å²) in [7, 11) is 0. The van der Waals surface area contributed by atoms with Crippen molar-refractivity contribution in [3.05, 3.63) is 59.2 Å². The Hall–Kier alpha value is -4.41. The summed E-state index contributed by atoms with van der Waals surface area (Å²) < 4.78 is 38.5. The van der Waals surface area contributed by atoms with Gasteiger partial charge in [0.05, 0.1) is 29.8 Å². The Kier molecular flexibility index (Phi) is 8.52. The summed E-state index contributed by atoms with van der Waals surface area (Å²) in [6, 6.07) is 9.50. The largest absolute Gasteiger partial charge is 0.416 e. The van der Waals surface area contributed by atoms with E-state index in [0.29, 0.717) is 13.1 Å². The van der Waals surface area contributed by atoms with Crippen molar-refractivity contribution < 1.29 is 32.3 Å². The number of nitrogens with one attached hydrogen (secondary N) is 1. The van der Waals surface area contributed by atoms with Crippen LogP contribution in [0.4, 0.5) is 24.5 Å². The van der Waals surface area contributed by atoms with Crippen LogP contribution in [-0.2, 0) is 15.8 Å². The number of carbonyl (C=O) groups excluding carboxylic acids is 4. The number of fused-ring (bicyclic) bond motifs is 1. The molecule has 0 spiro atoms. The number of rotatable bonds is 5. The number of piperazine rings is 2. The van der Waals surface area contributed by atoms with Gasteiger partial charge in [0.1, 0.15) is 6.04 Å². The fourth-order valence-electron chi connectivity index (χ4n) is 6.18. The molecule has 0 bridgehead atoms. The van der Waals surface area contributed by atoms with Crippen LogP contribution in [0.25, 0.3) is 0 Å². The maximum Gasteiger partial charge on any atom is 0.416 e. The quantitative estimate of drug-likeness (QED) is 0.400. The molecule has 4 aliphatic rings. The van der Waals surface area contributed by atoms with E-state index in [-0.39, 0.29) is 24.0 Å². The summed E-state index contributed by atoms with van der Waals surface area (Å²) in [6.07, 6.45) is -4.13. The number of halogens is 3. The first-order valence-electron chi connectivity index (χ1n) is 15.0. The molecular weight excluding hydrogens is 589 g/mol. The molecule has 10 nitrogen and oxygen atoms in total. The van der Waals surface area contributed by atoms with E-state index in [0.717, 1.165) is 80.8 Å². The van der Waals surface area contributed by atoms with Crippen LogP contribution >= 0.6 is 0 Å². The number of amides is 4. The average Bonchev–Trinajstić information content (AvgIpc) is 3.28. The van der Waals surface area contributed by atoms with Gasteiger partial charge in [0.25, 0.3) is 11.8 Å². The van der Waals surface area contributed by atoms with Crippen molar-refractivity contribution >= 4 is 35.0 Å². The Morgan fingerprint density at radius 3 is 1.80 bits per heavy atom. The minimum Gasteiger partial charge on any atom is -0.369 e. The number of carbonyl (C=O) groups is 4. The van der Waals surface area contributed by atoms with Crippen molar-refractivity contribution in [2.75, 3.05) is 75.2 Å². The third kappa shape index (κ3) is 6.53. The van der Waals surface area contributed by atoms with Gasteiger partial charge in [0.2, 0.25) is 11.8 Å². The van der Waals surface area contributed by atoms with Gasteiger partial charge in [0.15, 0.2) is 0 Å². The first-order valence-corrected chi connectivity index (χ1v) is 15.0. The second-order valence-corrected chi connectivity index (χ2v) is 11.6. The SMILES string of the molecule is O=C1CCC(N2C(=O)c3ccc(N4CCN(CC#CCN5CCN(c6ccc(C(F)(F)F)cc6)CC5)CC4)cc3C2=O)C(=O)N1. The molecule has 1 unspecified atom stereocenters. The number of nitrogens with zero attached hydrogens (tertiary/aromatic N) is 5. The molecule has 1 N–H and O–H groups in total. The Bertz CT molecular complexity index is 1550. The maximum atomic E-state index is 13.2. The predicted molar refractivity (Wildman–Crippen MR) is 160 cm³/mol. The van der Waals surface area contributed by atoms with Crippen LogP contribution in [0, 0.1) is 11.8 Å². The lowest BCUT2D eigenvalue weighted by atomic mass is 10.0. The van der Waals surface area contributed by atoms with Crippen molar-refractivity contribution in [2.24, 2.45) is 0 Å². The molecule has 236 valence electrons. The lowest BCUT2D eigenvalue weighted by Gasteiger charge is -2.35. The topological polar surface area (TPSA) is 96.5 Å². The molecule has 0 aromatic heterocycles. The Morgan fingerprint density at radius 2 is 1.24 bits per heavy atom. The number of anilines is 2. The Labute approximate surface area is 258 Å². The summed E-state index contributed by atoms with van der Waals surface area (Å²) in [5.74, 6) is 4.46. The van der Waals surface area contributed by atoms with Crippen LogP contribution in [-0.4, -0.2) is 110 Å². The standard InChI is InChI=1S/C32H33F3N6O4/c33-32(34,35)22-3-5-23(6-4-22)39-17-13-37(14-18-39)11-1-2-12-38-15-19-40(20-16-38)24-7-8-25-26(21-24)31(45)41(30(25)44)27-9-10-28(42)36-29(27)43/h3-8,21,27H,9-20H2,(H,36,42,43). The summed E-state index contributed by atoms with van der Waals surface area (Å²) in [5, 5.41) is 2.21. The predicted octanol–water partition coefficient (Wildman–Crippen LogP) is 2.05. The zero-order chi connectivity index (χ0) is 31.7. The van der Waals surface area contributed by atoms with Gasteiger partial charge in [-0.25, -0.2) is 0 Å². The Morgan fingerprint density at radius 1 is 0.711 bits per heavy atom. The van der Waals surface area contributed by atoms with Crippen LogP contribution in [0.2, 0.25) is 0 Å². The van der Waals surface area contributed by atoms with E-state index < -0.39 is 41.4 Å². The average molecular weight is 623 g/mol. The summed E-state index contributed by atoms with van der Waals surface area (Å²) in [4.78, 5) is 59.7. The van der Waals surface area contributed by atoms with Gasteiger partial charge in [0, 0.05) is 70.2 Å². The van der Waals surface area contributed by atoms with E-state index >= 15 is 0 Å². The van der Waals surface area contributed by atoms with Crippen LogP contribution in [0.5, 0.6) is 0 Å². The second kappa shape index (κ2) is 12.5. The van der Waals surface area contributed by atoms with Gasteiger partial charge in [-0.15, -0.1) is 0 Å². The van der Waals surface area contributed by atoms with Crippen molar-refractivity contribution in [3.63, 3.8) is 0 Å². The smallest absolute Gasteiger partial charge is 0.369 e. The fraction of sp³-hybridized carbons (Fsp3) is 0.438. The van der Waals surface area contributed by atoms with E-state index in [1.165, 1.54) is 12.1 Å². The zero-order valence-corrected chi connectivity index (χ0v) is 24.6. The highest BCUT2D eigenvalue weighted by molar-refractivity contribution is 6.23. The third-order valence-electron chi connectivity index (χ3n) is 8.82. The van der Waals surface area contributed by atoms with Gasteiger partial charge in [-0.2, -0.15) is 13.2 Å². The summed E-state index contributed by atoms with van der Waals surface area (Å²) in [5.41, 5.74) is 1.53. The molecule has 2 aromatic carbocycles. The molecule has 13 heteroatoms. The molecule has 0 saturated carbocycles. The number of imide groups is 2. The molecule has 2 aromatic rings. The van der Waals surface area contributed by atoms with E-state index in [2.05, 4.69) is 36.8 Å². The van der Waals surface area contributed by atoms with Gasteiger partial charge < -0.3 is 9.80 Å². The second-order valence-electron chi connectivity index (χ2n) is 11.6. The highest BCUT2D eigenvalue weighted by Crippen LogP contribution is 2.32. The van der Waals surface area contributed by atoms with Gasteiger partial charge in [-0.1, -0.05) is 11.8 Å². The molecule has 45 heavy (non-hydrogen) atoms. The molecule has 4 amide bonds. The van der Waals surface area contributed by atoms with E-state index in [9.17, 15) is 32.3 Å². The zero-order valence-electron chi connectivity index (χ0n) is 24.6. The highest BCUT2D eigenvalue weighted by Gasteiger charge is 2.44. The normalized spacial score (nSPS) is 21.5. The van der Waals surface area contributed by atoms with Crippen molar-refractivity contribution in [3.8, 4) is 11.8 Å². The molecule has 3 fully saturated rings. The number of benzene rings is 2. The van der Waals surface area contributed by atoms with E-state index in [1.54, 1.807) is 12.1 Å². The van der Waals surface area contributed by atoms with Gasteiger partial charge in [-0.05, 0) is 48.9 Å². The summed E-state index contributed by atoms with van der Waals surface area (Å²) in [6.45, 7) is 7.33. The molecule has 0 radical (unpaired) electrons. The van der Waals surface area contributed by atoms with Gasteiger partial charge >= 0.3 is 6.18 Å². The Balaban J connectivity index is 0.949. The first-order chi connectivity index (χ1) is 21.6. The number of hydrogen-bond donors (Lipinski definition) is 1. The number of alkyl halides is 3. The third-order valence-corrected chi connectivity index (χ3v) is 8.82. The number of piperidine rings is 1.